The maximum Gasteiger partial charge on any atom is 0.336 e. The number of halogens is 2. The van der Waals surface area contributed by atoms with E-state index in [2.05, 4.69) is 15.3 Å². The van der Waals surface area contributed by atoms with Gasteiger partial charge in [-0.3, -0.25) is 19.1 Å². The normalized spacial score (nSPS) is 11.9. The first-order chi connectivity index (χ1) is 17.1. The van der Waals surface area contributed by atoms with Crippen molar-refractivity contribution in [1.29, 1.82) is 0 Å². The third kappa shape index (κ3) is 4.41. The Kier molecular flexibility index (Phi) is 6.29. The van der Waals surface area contributed by atoms with Crippen molar-refractivity contribution >= 4 is 28.6 Å². The topological polar surface area (TPSA) is 162 Å². The number of nitrogen functional groups attached to an aromatic ring is 1. The maximum atomic E-state index is 14.0. The Balaban J connectivity index is 1.60. The molecule has 0 fully saturated rings. The summed E-state index contributed by atoms with van der Waals surface area (Å²) in [7, 11) is 1.49. The molecule has 1 aromatic carbocycles. The summed E-state index contributed by atoms with van der Waals surface area (Å²) >= 11 is 0. The SMILES string of the molecule is Cn1c(=O)n(-c2ccc(C[C@H](NC(=O)c3cc(F)c(N)cc3F)C(=O)O)nc2)c(=O)c2ncccc21. The molecule has 0 spiro atoms. The van der Waals surface area contributed by atoms with Crippen molar-refractivity contribution in [2.45, 2.75) is 12.5 Å². The second-order valence-electron chi connectivity index (χ2n) is 7.78. The van der Waals surface area contributed by atoms with Crippen LogP contribution in [0.15, 0.2) is 58.4 Å². The number of carboxylic acid groups (broad SMARTS) is 1. The molecular formula is C23H18F2N6O5. The number of pyridine rings is 2. The van der Waals surface area contributed by atoms with E-state index >= 15 is 0 Å². The number of benzene rings is 1. The van der Waals surface area contributed by atoms with Crippen LogP contribution >= 0.6 is 0 Å². The van der Waals surface area contributed by atoms with Gasteiger partial charge in [0.2, 0.25) is 0 Å². The van der Waals surface area contributed by atoms with Crippen LogP contribution in [-0.4, -0.2) is 42.1 Å². The van der Waals surface area contributed by atoms with E-state index in [1.807, 2.05) is 0 Å². The third-order valence-corrected chi connectivity index (χ3v) is 5.45. The van der Waals surface area contributed by atoms with Gasteiger partial charge in [0.05, 0.1) is 28.7 Å². The molecule has 4 N–H and O–H groups in total. The first-order valence-electron chi connectivity index (χ1n) is 10.4. The minimum absolute atomic E-state index is 0.0728. The van der Waals surface area contributed by atoms with E-state index in [0.717, 1.165) is 4.57 Å². The number of hydrogen-bond donors (Lipinski definition) is 3. The van der Waals surface area contributed by atoms with Gasteiger partial charge >= 0.3 is 11.7 Å². The molecule has 1 atom stereocenters. The van der Waals surface area contributed by atoms with Crippen LogP contribution < -0.4 is 22.3 Å². The highest BCUT2D eigenvalue weighted by atomic mass is 19.1. The molecule has 0 aliphatic heterocycles. The van der Waals surface area contributed by atoms with Gasteiger partial charge in [-0.25, -0.2) is 27.9 Å². The van der Waals surface area contributed by atoms with Crippen molar-refractivity contribution in [3.05, 3.63) is 92.5 Å². The molecule has 4 aromatic rings. The lowest BCUT2D eigenvalue weighted by molar-refractivity contribution is -0.139. The lowest BCUT2D eigenvalue weighted by Gasteiger charge is -2.15. The summed E-state index contributed by atoms with van der Waals surface area (Å²) in [5, 5.41) is 11.6. The van der Waals surface area contributed by atoms with Gasteiger partial charge in [-0.05, 0) is 30.3 Å². The van der Waals surface area contributed by atoms with Crippen molar-refractivity contribution in [3.63, 3.8) is 0 Å². The summed E-state index contributed by atoms with van der Waals surface area (Å²) in [4.78, 5) is 57.8. The highest BCUT2D eigenvalue weighted by molar-refractivity contribution is 5.97. The molecule has 0 bridgehead atoms. The predicted octanol–water partition coefficient (Wildman–Crippen LogP) is 0.765. The zero-order valence-electron chi connectivity index (χ0n) is 18.6. The second kappa shape index (κ2) is 9.37. The van der Waals surface area contributed by atoms with Crippen LogP contribution in [0.25, 0.3) is 16.7 Å². The average molecular weight is 496 g/mol. The molecule has 3 heterocycles. The maximum absolute atomic E-state index is 14.0. The molecule has 13 heteroatoms. The fourth-order valence-electron chi connectivity index (χ4n) is 3.56. The number of nitrogens with one attached hydrogen (secondary N) is 1. The van der Waals surface area contributed by atoms with Gasteiger partial charge in [0.15, 0.2) is 5.52 Å². The average Bonchev–Trinajstić information content (AvgIpc) is 2.85. The second-order valence-corrected chi connectivity index (χ2v) is 7.78. The number of aryl methyl sites for hydroxylation is 1. The highest BCUT2D eigenvalue weighted by Gasteiger charge is 2.24. The molecule has 0 aliphatic rings. The smallest absolute Gasteiger partial charge is 0.336 e. The largest absolute Gasteiger partial charge is 0.480 e. The Hall–Kier alpha value is -4.94. The van der Waals surface area contributed by atoms with Crippen LogP contribution in [0, 0.1) is 11.6 Å². The molecule has 0 saturated carbocycles. The zero-order valence-corrected chi connectivity index (χ0v) is 18.6. The van der Waals surface area contributed by atoms with Gasteiger partial charge < -0.3 is 16.2 Å². The zero-order chi connectivity index (χ0) is 26.1. The molecule has 0 radical (unpaired) electrons. The van der Waals surface area contributed by atoms with E-state index in [-0.39, 0.29) is 23.3 Å². The molecule has 11 nitrogen and oxygen atoms in total. The highest BCUT2D eigenvalue weighted by Crippen LogP contribution is 2.17. The summed E-state index contributed by atoms with van der Waals surface area (Å²) in [6.45, 7) is 0. The van der Waals surface area contributed by atoms with Crippen molar-refractivity contribution in [2.24, 2.45) is 7.05 Å². The van der Waals surface area contributed by atoms with Gasteiger partial charge in [0.25, 0.3) is 11.5 Å². The Bertz CT molecular complexity index is 1630. The van der Waals surface area contributed by atoms with E-state index in [0.29, 0.717) is 17.6 Å². The number of anilines is 1. The number of aliphatic carboxylic acids is 1. The molecule has 36 heavy (non-hydrogen) atoms. The van der Waals surface area contributed by atoms with Gasteiger partial charge in [-0.1, -0.05) is 0 Å². The molecule has 0 aliphatic carbocycles. The van der Waals surface area contributed by atoms with Crippen LogP contribution in [0.4, 0.5) is 14.5 Å². The standard InChI is InChI=1S/C23H18F2N6O5/c1-30-18-3-2-6-27-19(18)21(33)31(23(30)36)12-5-4-11(28-10-12)7-17(22(34)35)29-20(32)13-8-15(25)16(26)9-14(13)24/h2-6,8-10,17H,7,26H2,1H3,(H,29,32)(H,34,35)/t17-/m0/s1. The number of carbonyl (C=O) groups excluding carboxylic acids is 1. The van der Waals surface area contributed by atoms with Crippen molar-refractivity contribution in [1.82, 2.24) is 24.4 Å². The number of carbonyl (C=O) groups is 2. The number of hydrogen-bond acceptors (Lipinski definition) is 7. The van der Waals surface area contributed by atoms with Crippen molar-refractivity contribution < 1.29 is 23.5 Å². The van der Waals surface area contributed by atoms with Crippen molar-refractivity contribution in [2.75, 3.05) is 5.73 Å². The molecule has 4 rings (SSSR count). The fourth-order valence-corrected chi connectivity index (χ4v) is 3.56. The minimum Gasteiger partial charge on any atom is -0.480 e. The van der Waals surface area contributed by atoms with Crippen LogP contribution in [0.3, 0.4) is 0 Å². The van der Waals surface area contributed by atoms with Crippen LogP contribution in [-0.2, 0) is 18.3 Å². The third-order valence-electron chi connectivity index (χ3n) is 5.45. The summed E-state index contributed by atoms with van der Waals surface area (Å²) in [5.41, 5.74) is 3.47. The summed E-state index contributed by atoms with van der Waals surface area (Å²) < 4.78 is 29.8. The number of fused-ring (bicyclic) bond motifs is 1. The van der Waals surface area contributed by atoms with E-state index in [9.17, 15) is 33.1 Å². The Labute approximate surface area is 200 Å². The van der Waals surface area contributed by atoms with Crippen molar-refractivity contribution in [3.8, 4) is 5.69 Å². The Morgan fingerprint density at radius 3 is 2.56 bits per heavy atom. The van der Waals surface area contributed by atoms with E-state index in [1.54, 1.807) is 12.1 Å². The predicted molar refractivity (Wildman–Crippen MR) is 124 cm³/mol. The Morgan fingerprint density at radius 2 is 1.89 bits per heavy atom. The number of amides is 1. The molecular weight excluding hydrogens is 478 g/mol. The van der Waals surface area contributed by atoms with E-state index < -0.39 is 52.1 Å². The number of nitrogens with two attached hydrogens (primary N) is 1. The van der Waals surface area contributed by atoms with E-state index in [1.165, 1.54) is 36.1 Å². The summed E-state index contributed by atoms with van der Waals surface area (Å²) in [6.07, 6.45) is 2.29. The molecule has 3 aromatic heterocycles. The van der Waals surface area contributed by atoms with Crippen LogP contribution in [0.5, 0.6) is 0 Å². The van der Waals surface area contributed by atoms with Gasteiger partial charge in [-0.2, -0.15) is 0 Å². The van der Waals surface area contributed by atoms with Gasteiger partial charge in [0, 0.05) is 31.4 Å². The summed E-state index contributed by atoms with van der Waals surface area (Å²) in [5.74, 6) is -4.75. The van der Waals surface area contributed by atoms with E-state index in [4.69, 9.17) is 5.73 Å². The molecule has 184 valence electrons. The van der Waals surface area contributed by atoms with Crippen LogP contribution in [0.2, 0.25) is 0 Å². The summed E-state index contributed by atoms with van der Waals surface area (Å²) in [6, 6.07) is 5.58. The van der Waals surface area contributed by atoms with Gasteiger partial charge in [-0.15, -0.1) is 0 Å². The number of nitrogens with zero attached hydrogens (tertiary/aromatic N) is 4. The number of carboxylic acids is 1. The fraction of sp³-hybridized carbons (Fsp3) is 0.130. The number of aromatic nitrogens is 4. The van der Waals surface area contributed by atoms with Crippen LogP contribution in [0.1, 0.15) is 16.1 Å². The van der Waals surface area contributed by atoms with Gasteiger partial charge in [0.1, 0.15) is 17.7 Å². The lowest BCUT2D eigenvalue weighted by atomic mass is 10.1. The monoisotopic (exact) mass is 496 g/mol. The molecule has 1 amide bonds. The number of rotatable bonds is 6. The molecule has 0 unspecified atom stereocenters. The molecule has 0 saturated heterocycles. The first kappa shape index (κ1) is 24.2. The quantitative estimate of drug-likeness (QED) is 0.330. The minimum atomic E-state index is -1.55. The lowest BCUT2D eigenvalue weighted by Crippen LogP contribution is -2.42. The first-order valence-corrected chi connectivity index (χ1v) is 10.4. The Morgan fingerprint density at radius 1 is 1.14 bits per heavy atom.